The van der Waals surface area contributed by atoms with Crippen molar-refractivity contribution < 1.29 is 19.0 Å². The van der Waals surface area contributed by atoms with Gasteiger partial charge in [-0.05, 0) is 32.6 Å². The van der Waals surface area contributed by atoms with Crippen LogP contribution in [0.5, 0.6) is 0 Å². The molecule has 0 saturated carbocycles. The molecule has 4 nitrogen and oxygen atoms in total. The van der Waals surface area contributed by atoms with E-state index in [9.17, 15) is 4.79 Å². The number of hydrogen-bond acceptors (Lipinski definition) is 4. The second-order valence-corrected chi connectivity index (χ2v) is 5.14. The normalized spacial score (nSPS) is 21.1. The lowest BCUT2D eigenvalue weighted by Gasteiger charge is -2.24. The molecule has 2 unspecified atom stereocenters. The highest BCUT2D eigenvalue weighted by Crippen LogP contribution is 2.14. The maximum Gasteiger partial charge on any atom is 0.305 e. The largest absolute Gasteiger partial charge is 0.465 e. The predicted molar refractivity (Wildman–Crippen MR) is 73.5 cm³/mol. The zero-order valence-corrected chi connectivity index (χ0v) is 12.1. The molecule has 0 aromatic heterocycles. The van der Waals surface area contributed by atoms with E-state index in [1.807, 2.05) is 0 Å². The van der Waals surface area contributed by atoms with E-state index in [0.717, 1.165) is 45.1 Å². The lowest BCUT2D eigenvalue weighted by Crippen LogP contribution is -2.26. The van der Waals surface area contributed by atoms with Crippen molar-refractivity contribution in [3.8, 4) is 0 Å². The van der Waals surface area contributed by atoms with Crippen molar-refractivity contribution >= 4 is 5.97 Å². The summed E-state index contributed by atoms with van der Waals surface area (Å²) in [5.74, 6) is -0.156. The quantitative estimate of drug-likeness (QED) is 0.477. The van der Waals surface area contributed by atoms with Crippen LogP contribution in [0.4, 0.5) is 0 Å². The lowest BCUT2D eigenvalue weighted by atomic mass is 10.2. The van der Waals surface area contributed by atoms with E-state index < -0.39 is 0 Å². The fourth-order valence-corrected chi connectivity index (χ4v) is 1.94. The Balaban J connectivity index is 2.00. The minimum Gasteiger partial charge on any atom is -0.465 e. The molecular weight excluding hydrogens is 244 g/mol. The molecule has 111 valence electrons. The zero-order valence-electron chi connectivity index (χ0n) is 12.1. The highest BCUT2D eigenvalue weighted by atomic mass is 16.7. The molecule has 1 rings (SSSR count). The van der Waals surface area contributed by atoms with E-state index in [1.165, 1.54) is 0 Å². The molecule has 4 heteroatoms. The van der Waals surface area contributed by atoms with Gasteiger partial charge in [-0.3, -0.25) is 4.79 Å². The van der Waals surface area contributed by atoms with Crippen LogP contribution < -0.4 is 0 Å². The first-order valence-corrected chi connectivity index (χ1v) is 7.44. The standard InChI is InChI=1S/C15H27O4/c1-3-4-5-8-14(16)18-11-13(2)12-19-15-9-6-7-10-17-15/h13,15H,2-12H2,1H3. The van der Waals surface area contributed by atoms with E-state index >= 15 is 0 Å². The highest BCUT2D eigenvalue weighted by Gasteiger charge is 2.16. The summed E-state index contributed by atoms with van der Waals surface area (Å²) in [6.45, 7) is 7.63. The molecule has 0 aromatic carbocycles. The first-order valence-electron chi connectivity index (χ1n) is 7.44. The van der Waals surface area contributed by atoms with Gasteiger partial charge in [-0.1, -0.05) is 19.8 Å². The fraction of sp³-hybridized carbons (Fsp3) is 0.867. The van der Waals surface area contributed by atoms with Crippen molar-refractivity contribution in [1.82, 2.24) is 0 Å². The highest BCUT2D eigenvalue weighted by molar-refractivity contribution is 5.69. The van der Waals surface area contributed by atoms with Gasteiger partial charge in [-0.2, -0.15) is 0 Å². The Morgan fingerprint density at radius 2 is 2.21 bits per heavy atom. The van der Waals surface area contributed by atoms with E-state index in [2.05, 4.69) is 13.8 Å². The Bertz CT molecular complexity index is 236. The van der Waals surface area contributed by atoms with Gasteiger partial charge in [0.25, 0.3) is 0 Å². The third-order valence-electron chi connectivity index (χ3n) is 3.12. The third kappa shape index (κ3) is 8.22. The number of rotatable bonds is 9. The van der Waals surface area contributed by atoms with Gasteiger partial charge in [0.1, 0.15) is 0 Å². The maximum atomic E-state index is 11.4. The zero-order chi connectivity index (χ0) is 13.9. The Labute approximate surface area is 116 Å². The van der Waals surface area contributed by atoms with Crippen molar-refractivity contribution in [3.63, 3.8) is 0 Å². The van der Waals surface area contributed by atoms with Crippen LogP contribution in [0.25, 0.3) is 0 Å². The van der Waals surface area contributed by atoms with Crippen LogP contribution in [0.3, 0.4) is 0 Å². The number of unbranched alkanes of at least 4 members (excludes halogenated alkanes) is 2. The molecule has 2 atom stereocenters. The van der Waals surface area contributed by atoms with Gasteiger partial charge in [0.2, 0.25) is 0 Å². The average molecular weight is 271 g/mol. The van der Waals surface area contributed by atoms with E-state index in [1.54, 1.807) is 0 Å². The summed E-state index contributed by atoms with van der Waals surface area (Å²) in [5.41, 5.74) is 0. The van der Waals surface area contributed by atoms with Gasteiger partial charge >= 0.3 is 5.97 Å². The summed E-state index contributed by atoms with van der Waals surface area (Å²) in [4.78, 5) is 11.4. The van der Waals surface area contributed by atoms with Gasteiger partial charge in [-0.25, -0.2) is 0 Å². The van der Waals surface area contributed by atoms with E-state index in [0.29, 0.717) is 19.6 Å². The van der Waals surface area contributed by atoms with E-state index in [-0.39, 0.29) is 18.2 Å². The molecule has 0 N–H and O–H groups in total. The van der Waals surface area contributed by atoms with Crippen LogP contribution in [0.15, 0.2) is 0 Å². The van der Waals surface area contributed by atoms with E-state index in [4.69, 9.17) is 14.2 Å². The average Bonchev–Trinajstić information content (AvgIpc) is 2.44. The first kappa shape index (κ1) is 16.4. The number of esters is 1. The molecule has 0 bridgehead atoms. The van der Waals surface area contributed by atoms with Crippen molar-refractivity contribution in [2.24, 2.45) is 5.92 Å². The van der Waals surface area contributed by atoms with Gasteiger partial charge in [0, 0.05) is 18.9 Å². The predicted octanol–water partition coefficient (Wildman–Crippen LogP) is 3.10. The molecule has 0 amide bonds. The van der Waals surface area contributed by atoms with Crippen molar-refractivity contribution in [3.05, 3.63) is 6.92 Å². The topological polar surface area (TPSA) is 44.8 Å². The molecular formula is C15H27O4. The molecule has 0 spiro atoms. The minimum atomic E-state index is -0.129. The summed E-state index contributed by atoms with van der Waals surface area (Å²) < 4.78 is 16.2. The molecule has 1 radical (unpaired) electrons. The Hall–Kier alpha value is -0.610. The number of carbonyl (C=O) groups is 1. The summed E-state index contributed by atoms with van der Waals surface area (Å²) in [6, 6.07) is 0. The van der Waals surface area contributed by atoms with Crippen LogP contribution in [0.1, 0.15) is 51.9 Å². The molecule has 1 aliphatic rings. The van der Waals surface area contributed by atoms with Crippen LogP contribution in [-0.4, -0.2) is 32.1 Å². The number of carbonyl (C=O) groups excluding carboxylic acids is 1. The molecule has 0 aliphatic carbocycles. The molecule has 1 fully saturated rings. The van der Waals surface area contributed by atoms with Crippen LogP contribution in [-0.2, 0) is 19.0 Å². The summed E-state index contributed by atoms with van der Waals surface area (Å²) in [6.07, 6.45) is 6.71. The first-order chi connectivity index (χ1) is 9.22. The second-order valence-electron chi connectivity index (χ2n) is 5.14. The monoisotopic (exact) mass is 271 g/mol. The van der Waals surface area contributed by atoms with Gasteiger partial charge in [0.15, 0.2) is 6.29 Å². The Kier molecular flexibility index (Phi) is 8.84. The number of ether oxygens (including phenoxy) is 3. The van der Waals surface area contributed by atoms with Crippen molar-refractivity contribution in [2.45, 2.75) is 58.2 Å². The molecule has 1 aliphatic heterocycles. The van der Waals surface area contributed by atoms with Crippen LogP contribution in [0, 0.1) is 12.8 Å². The Morgan fingerprint density at radius 3 is 2.89 bits per heavy atom. The summed E-state index contributed by atoms with van der Waals surface area (Å²) >= 11 is 0. The Morgan fingerprint density at radius 1 is 1.37 bits per heavy atom. The summed E-state index contributed by atoms with van der Waals surface area (Å²) in [5, 5.41) is 0. The van der Waals surface area contributed by atoms with Gasteiger partial charge in [0.05, 0.1) is 13.2 Å². The SMILES string of the molecule is [CH2]C(COC(=O)CCCCC)COC1CCCCO1. The summed E-state index contributed by atoms with van der Waals surface area (Å²) in [7, 11) is 0. The van der Waals surface area contributed by atoms with Crippen molar-refractivity contribution in [1.29, 1.82) is 0 Å². The van der Waals surface area contributed by atoms with Gasteiger partial charge < -0.3 is 14.2 Å². The fourth-order valence-electron chi connectivity index (χ4n) is 1.94. The van der Waals surface area contributed by atoms with Crippen LogP contribution >= 0.6 is 0 Å². The molecule has 19 heavy (non-hydrogen) atoms. The number of hydrogen-bond donors (Lipinski definition) is 0. The molecule has 0 aromatic rings. The van der Waals surface area contributed by atoms with Crippen molar-refractivity contribution in [2.75, 3.05) is 19.8 Å². The second kappa shape index (κ2) is 10.2. The van der Waals surface area contributed by atoms with Crippen LogP contribution in [0.2, 0.25) is 0 Å². The minimum absolute atomic E-state index is 0.0272. The molecule has 1 heterocycles. The third-order valence-corrected chi connectivity index (χ3v) is 3.12. The maximum absolute atomic E-state index is 11.4. The van der Waals surface area contributed by atoms with Gasteiger partial charge in [-0.15, -0.1) is 0 Å². The smallest absolute Gasteiger partial charge is 0.305 e. The molecule has 1 saturated heterocycles. The lowest BCUT2D eigenvalue weighted by molar-refractivity contribution is -0.170.